The highest BCUT2D eigenvalue weighted by Crippen LogP contribution is 2.27. The number of thiophene rings is 1. The van der Waals surface area contributed by atoms with Gasteiger partial charge in [-0.2, -0.15) is 0 Å². The van der Waals surface area contributed by atoms with Crippen molar-refractivity contribution < 1.29 is 0 Å². The van der Waals surface area contributed by atoms with Gasteiger partial charge >= 0.3 is 0 Å². The quantitative estimate of drug-likeness (QED) is 0.802. The van der Waals surface area contributed by atoms with Crippen LogP contribution in [0.25, 0.3) is 10.1 Å². The van der Waals surface area contributed by atoms with Gasteiger partial charge in [0.05, 0.1) is 0 Å². The second-order valence-corrected chi connectivity index (χ2v) is 6.61. The van der Waals surface area contributed by atoms with E-state index in [9.17, 15) is 0 Å². The van der Waals surface area contributed by atoms with Crippen LogP contribution in [0.3, 0.4) is 0 Å². The Morgan fingerprint density at radius 1 is 1.18 bits per heavy atom. The molecule has 5 heteroatoms. The highest BCUT2D eigenvalue weighted by molar-refractivity contribution is 7.17. The Labute approximate surface area is 133 Å². The van der Waals surface area contributed by atoms with E-state index in [4.69, 9.17) is 0 Å². The molecule has 1 aliphatic heterocycles. The van der Waals surface area contributed by atoms with E-state index in [0.717, 1.165) is 32.0 Å². The van der Waals surface area contributed by atoms with Gasteiger partial charge in [0.1, 0.15) is 0 Å². The number of nitrogens with zero attached hydrogens (tertiary/aromatic N) is 3. The maximum absolute atomic E-state index is 4.24. The van der Waals surface area contributed by atoms with Crippen molar-refractivity contribution in [3.8, 4) is 0 Å². The number of benzene rings is 1. The van der Waals surface area contributed by atoms with Crippen molar-refractivity contribution in [1.29, 1.82) is 0 Å². The molecular weight excluding hydrogens is 292 g/mol. The number of aromatic nitrogens is 2. The zero-order valence-electron chi connectivity index (χ0n) is 12.3. The minimum atomic E-state index is 0.437. The fourth-order valence-electron chi connectivity index (χ4n) is 3.05. The molecule has 1 fully saturated rings. The van der Waals surface area contributed by atoms with Crippen LogP contribution in [-0.2, 0) is 6.54 Å². The largest absolute Gasteiger partial charge is 0.350 e. The van der Waals surface area contributed by atoms with Crippen LogP contribution in [0.15, 0.2) is 48.1 Å². The van der Waals surface area contributed by atoms with Crippen molar-refractivity contribution in [3.05, 3.63) is 53.7 Å². The molecule has 0 amide bonds. The molecule has 3 aromatic rings. The average molecular weight is 310 g/mol. The van der Waals surface area contributed by atoms with E-state index in [1.807, 2.05) is 17.4 Å². The Kier molecular flexibility index (Phi) is 3.74. The van der Waals surface area contributed by atoms with Gasteiger partial charge in [0, 0.05) is 42.8 Å². The van der Waals surface area contributed by atoms with Crippen LogP contribution in [-0.4, -0.2) is 34.0 Å². The van der Waals surface area contributed by atoms with E-state index in [1.165, 1.54) is 15.6 Å². The van der Waals surface area contributed by atoms with Crippen LogP contribution < -0.4 is 5.32 Å². The molecule has 1 unspecified atom stereocenters. The highest BCUT2D eigenvalue weighted by Gasteiger charge is 2.23. The number of nitrogens with one attached hydrogen (secondary N) is 1. The first-order chi connectivity index (χ1) is 10.9. The molecule has 3 heterocycles. The smallest absolute Gasteiger partial charge is 0.222 e. The lowest BCUT2D eigenvalue weighted by Crippen LogP contribution is -2.26. The topological polar surface area (TPSA) is 41.1 Å². The molecule has 1 aromatic carbocycles. The monoisotopic (exact) mass is 310 g/mol. The molecule has 22 heavy (non-hydrogen) atoms. The molecular formula is C17H18N4S. The summed E-state index contributed by atoms with van der Waals surface area (Å²) >= 11 is 1.84. The summed E-state index contributed by atoms with van der Waals surface area (Å²) in [5, 5.41) is 7.12. The number of rotatable bonds is 4. The predicted molar refractivity (Wildman–Crippen MR) is 91.2 cm³/mol. The van der Waals surface area contributed by atoms with Gasteiger partial charge in [0.2, 0.25) is 5.95 Å². The van der Waals surface area contributed by atoms with Crippen molar-refractivity contribution >= 4 is 27.4 Å². The normalized spacial score (nSPS) is 18.8. The second-order valence-electron chi connectivity index (χ2n) is 5.69. The number of fused-ring (bicyclic) bond motifs is 1. The Bertz CT molecular complexity index is 755. The Hall–Kier alpha value is -1.98. The standard InChI is InChI=1S/C17H18N4S/c1-2-5-16-15(4-1)13(12-22-16)10-21-9-6-14(11-21)20-17-18-7-3-8-19-17/h1-5,7-8,12,14H,6,9-11H2,(H,18,19,20). The van der Waals surface area contributed by atoms with Crippen molar-refractivity contribution in [3.63, 3.8) is 0 Å². The van der Waals surface area contributed by atoms with Crippen molar-refractivity contribution in [2.75, 3.05) is 18.4 Å². The van der Waals surface area contributed by atoms with Crippen LogP contribution >= 0.6 is 11.3 Å². The van der Waals surface area contributed by atoms with Gasteiger partial charge in [0.15, 0.2) is 0 Å². The molecule has 0 aliphatic carbocycles. The Morgan fingerprint density at radius 2 is 2.05 bits per heavy atom. The molecule has 0 radical (unpaired) electrons. The minimum absolute atomic E-state index is 0.437. The van der Waals surface area contributed by atoms with Gasteiger partial charge in [-0.15, -0.1) is 11.3 Å². The molecule has 1 saturated heterocycles. The van der Waals surface area contributed by atoms with Gasteiger partial charge in [0.25, 0.3) is 0 Å². The zero-order chi connectivity index (χ0) is 14.8. The van der Waals surface area contributed by atoms with Crippen molar-refractivity contribution in [1.82, 2.24) is 14.9 Å². The lowest BCUT2D eigenvalue weighted by molar-refractivity contribution is 0.330. The molecule has 0 saturated carbocycles. The average Bonchev–Trinajstić information content (AvgIpc) is 3.17. The first-order valence-corrected chi connectivity index (χ1v) is 8.47. The van der Waals surface area contributed by atoms with E-state index >= 15 is 0 Å². The lowest BCUT2D eigenvalue weighted by Gasteiger charge is -2.16. The molecule has 112 valence electrons. The predicted octanol–water partition coefficient (Wildman–Crippen LogP) is 3.38. The molecule has 1 N–H and O–H groups in total. The Balaban J connectivity index is 1.41. The van der Waals surface area contributed by atoms with Gasteiger partial charge in [-0.05, 0) is 34.9 Å². The van der Waals surface area contributed by atoms with Crippen LogP contribution in [0, 0.1) is 0 Å². The summed E-state index contributed by atoms with van der Waals surface area (Å²) in [6.45, 7) is 3.19. The van der Waals surface area contributed by atoms with E-state index < -0.39 is 0 Å². The minimum Gasteiger partial charge on any atom is -0.350 e. The summed E-state index contributed by atoms with van der Waals surface area (Å²) in [5.41, 5.74) is 1.44. The SMILES string of the molecule is c1cnc(NC2CCN(Cc3csc4ccccc34)C2)nc1. The molecule has 1 atom stereocenters. The van der Waals surface area contributed by atoms with E-state index in [2.05, 4.69) is 49.8 Å². The van der Waals surface area contributed by atoms with Crippen molar-refractivity contribution in [2.45, 2.75) is 19.0 Å². The lowest BCUT2D eigenvalue weighted by atomic mass is 10.2. The van der Waals surface area contributed by atoms with Gasteiger partial charge in [-0.3, -0.25) is 4.90 Å². The van der Waals surface area contributed by atoms with E-state index in [-0.39, 0.29) is 0 Å². The first kappa shape index (κ1) is 13.7. The highest BCUT2D eigenvalue weighted by atomic mass is 32.1. The van der Waals surface area contributed by atoms with Gasteiger partial charge < -0.3 is 5.32 Å². The number of anilines is 1. The third kappa shape index (κ3) is 2.82. The summed E-state index contributed by atoms with van der Waals surface area (Å²) in [5.74, 6) is 0.732. The van der Waals surface area contributed by atoms with Crippen molar-refractivity contribution in [2.24, 2.45) is 0 Å². The zero-order valence-corrected chi connectivity index (χ0v) is 13.1. The molecule has 4 nitrogen and oxygen atoms in total. The fraction of sp³-hybridized carbons (Fsp3) is 0.294. The molecule has 2 aromatic heterocycles. The second kappa shape index (κ2) is 6.02. The Morgan fingerprint density at radius 3 is 2.95 bits per heavy atom. The summed E-state index contributed by atoms with van der Waals surface area (Å²) in [4.78, 5) is 11.0. The maximum Gasteiger partial charge on any atom is 0.222 e. The summed E-state index contributed by atoms with van der Waals surface area (Å²) in [6.07, 6.45) is 4.69. The van der Waals surface area contributed by atoms with Gasteiger partial charge in [-0.1, -0.05) is 18.2 Å². The summed E-state index contributed by atoms with van der Waals surface area (Å²) in [7, 11) is 0. The molecule has 0 bridgehead atoms. The third-order valence-electron chi connectivity index (χ3n) is 4.13. The fourth-order valence-corrected chi connectivity index (χ4v) is 4.00. The first-order valence-electron chi connectivity index (χ1n) is 7.59. The van der Waals surface area contributed by atoms with E-state index in [1.54, 1.807) is 12.4 Å². The molecule has 0 spiro atoms. The van der Waals surface area contributed by atoms with Crippen LogP contribution in [0.4, 0.5) is 5.95 Å². The van der Waals surface area contributed by atoms with E-state index in [0.29, 0.717) is 6.04 Å². The summed E-state index contributed by atoms with van der Waals surface area (Å²) in [6, 6.07) is 10.9. The van der Waals surface area contributed by atoms with Crippen LogP contribution in [0.1, 0.15) is 12.0 Å². The number of hydrogen-bond donors (Lipinski definition) is 1. The third-order valence-corrected chi connectivity index (χ3v) is 5.14. The molecule has 1 aliphatic rings. The van der Waals surface area contributed by atoms with Crippen LogP contribution in [0.2, 0.25) is 0 Å². The molecule has 4 rings (SSSR count). The van der Waals surface area contributed by atoms with Gasteiger partial charge in [-0.25, -0.2) is 9.97 Å². The maximum atomic E-state index is 4.24. The number of likely N-dealkylation sites (tertiary alicyclic amines) is 1. The van der Waals surface area contributed by atoms with Crippen LogP contribution in [0.5, 0.6) is 0 Å². The summed E-state index contributed by atoms with van der Waals surface area (Å²) < 4.78 is 1.38. The number of hydrogen-bond acceptors (Lipinski definition) is 5.